The van der Waals surface area contributed by atoms with Crippen LogP contribution < -0.4 is 0 Å². The van der Waals surface area contributed by atoms with E-state index in [4.69, 9.17) is 4.74 Å². The maximum absolute atomic E-state index is 12.3. The van der Waals surface area contributed by atoms with Crippen LogP contribution in [-0.2, 0) is 16.0 Å². The van der Waals surface area contributed by atoms with Crippen LogP contribution in [-0.4, -0.2) is 46.6 Å². The predicted molar refractivity (Wildman–Crippen MR) is 76.1 cm³/mol. The molecule has 20 heavy (non-hydrogen) atoms. The van der Waals surface area contributed by atoms with E-state index in [1.807, 2.05) is 4.90 Å². The van der Waals surface area contributed by atoms with Crippen molar-refractivity contribution in [2.45, 2.75) is 39.7 Å². The summed E-state index contributed by atoms with van der Waals surface area (Å²) < 4.78 is 5.77. The minimum atomic E-state index is 0.0594. The van der Waals surface area contributed by atoms with E-state index in [1.165, 1.54) is 0 Å². The molecule has 1 aliphatic heterocycles. The minimum Gasteiger partial charge on any atom is -0.374 e. The van der Waals surface area contributed by atoms with Gasteiger partial charge < -0.3 is 9.64 Å². The molecule has 5 nitrogen and oxygen atoms in total. The van der Waals surface area contributed by atoms with Crippen LogP contribution in [0.4, 0.5) is 0 Å². The molecule has 2 heterocycles. The lowest BCUT2D eigenvalue weighted by Crippen LogP contribution is -2.50. The Kier molecular flexibility index (Phi) is 4.70. The summed E-state index contributed by atoms with van der Waals surface area (Å²) in [5.74, 6) is 0.174. The molecule has 1 saturated heterocycles. The number of hydrogen-bond acceptors (Lipinski definition) is 4. The summed E-state index contributed by atoms with van der Waals surface area (Å²) in [6.07, 6.45) is 6.24. The first-order valence-corrected chi connectivity index (χ1v) is 7.11. The van der Waals surface area contributed by atoms with Crippen LogP contribution >= 0.6 is 0 Å². The summed E-state index contributed by atoms with van der Waals surface area (Å²) in [4.78, 5) is 22.4. The Hall–Kier alpha value is -1.49. The summed E-state index contributed by atoms with van der Waals surface area (Å²) in [5, 5.41) is 0. The molecule has 0 spiro atoms. The molecule has 0 bridgehead atoms. The summed E-state index contributed by atoms with van der Waals surface area (Å²) in [7, 11) is 0. The molecule has 2 rings (SSSR count). The second-order valence-corrected chi connectivity index (χ2v) is 6.26. The zero-order valence-corrected chi connectivity index (χ0v) is 12.5. The first-order valence-electron chi connectivity index (χ1n) is 7.11. The van der Waals surface area contributed by atoms with Gasteiger partial charge in [0.25, 0.3) is 0 Å². The van der Waals surface area contributed by atoms with Gasteiger partial charge >= 0.3 is 0 Å². The molecule has 1 amide bonds. The Morgan fingerprint density at radius 2 is 2.25 bits per heavy atom. The number of aryl methyl sites for hydroxylation is 1. The van der Waals surface area contributed by atoms with E-state index in [1.54, 1.807) is 18.6 Å². The quantitative estimate of drug-likeness (QED) is 0.843. The molecular weight excluding hydrogens is 254 g/mol. The summed E-state index contributed by atoms with van der Waals surface area (Å²) in [5.41, 5.74) is 0.922. The van der Waals surface area contributed by atoms with Crippen molar-refractivity contribution in [2.75, 3.05) is 19.7 Å². The van der Waals surface area contributed by atoms with E-state index >= 15 is 0 Å². The van der Waals surface area contributed by atoms with Crippen molar-refractivity contribution in [3.05, 3.63) is 24.3 Å². The highest BCUT2D eigenvalue weighted by Crippen LogP contribution is 2.25. The van der Waals surface area contributed by atoms with Crippen molar-refractivity contribution in [3.63, 3.8) is 0 Å². The van der Waals surface area contributed by atoms with Crippen LogP contribution in [0, 0.1) is 5.41 Å². The van der Waals surface area contributed by atoms with Gasteiger partial charge in [-0.2, -0.15) is 0 Å². The molecule has 1 unspecified atom stereocenters. The summed E-state index contributed by atoms with van der Waals surface area (Å²) >= 11 is 0. The highest BCUT2D eigenvalue weighted by molar-refractivity contribution is 5.76. The van der Waals surface area contributed by atoms with Crippen molar-refractivity contribution in [1.82, 2.24) is 14.9 Å². The lowest BCUT2D eigenvalue weighted by Gasteiger charge is -2.39. The van der Waals surface area contributed by atoms with Gasteiger partial charge in [-0.05, 0) is 11.8 Å². The number of carbonyl (C=O) groups excluding carboxylic acids is 1. The molecule has 5 heteroatoms. The molecule has 1 fully saturated rings. The average molecular weight is 277 g/mol. The summed E-state index contributed by atoms with van der Waals surface area (Å²) in [6, 6.07) is 0. The highest BCUT2D eigenvalue weighted by atomic mass is 16.5. The van der Waals surface area contributed by atoms with Gasteiger partial charge in [0, 0.05) is 38.1 Å². The van der Waals surface area contributed by atoms with Crippen LogP contribution in [0.15, 0.2) is 18.6 Å². The molecule has 1 aromatic heterocycles. The first kappa shape index (κ1) is 14.9. The second-order valence-electron chi connectivity index (χ2n) is 6.26. The maximum atomic E-state index is 12.3. The van der Waals surface area contributed by atoms with Crippen molar-refractivity contribution in [3.8, 4) is 0 Å². The molecule has 0 saturated carbocycles. The van der Waals surface area contributed by atoms with Gasteiger partial charge in [0.2, 0.25) is 5.91 Å². The fourth-order valence-corrected chi connectivity index (χ4v) is 2.25. The average Bonchev–Trinajstić information content (AvgIpc) is 2.45. The number of rotatable bonds is 3. The monoisotopic (exact) mass is 277 g/mol. The Morgan fingerprint density at radius 3 is 2.90 bits per heavy atom. The number of amides is 1. The van der Waals surface area contributed by atoms with Crippen LogP contribution in [0.1, 0.15) is 32.9 Å². The van der Waals surface area contributed by atoms with Crippen molar-refractivity contribution >= 4 is 5.91 Å². The number of carbonyl (C=O) groups is 1. The molecule has 1 atom stereocenters. The zero-order valence-electron chi connectivity index (χ0n) is 12.5. The Balaban J connectivity index is 1.86. The third-order valence-corrected chi connectivity index (χ3v) is 3.60. The number of nitrogens with zero attached hydrogens (tertiary/aromatic N) is 3. The normalized spacial score (nSPS) is 19.9. The van der Waals surface area contributed by atoms with Crippen molar-refractivity contribution in [1.29, 1.82) is 0 Å². The number of hydrogen-bond donors (Lipinski definition) is 0. The topological polar surface area (TPSA) is 55.3 Å². The van der Waals surface area contributed by atoms with E-state index in [2.05, 4.69) is 30.7 Å². The van der Waals surface area contributed by atoms with Gasteiger partial charge in [-0.25, -0.2) is 0 Å². The Labute approximate surface area is 120 Å². The van der Waals surface area contributed by atoms with E-state index in [0.29, 0.717) is 32.5 Å². The minimum absolute atomic E-state index is 0.0594. The third kappa shape index (κ3) is 4.00. The summed E-state index contributed by atoms with van der Waals surface area (Å²) in [6.45, 7) is 8.43. The predicted octanol–water partition coefficient (Wildman–Crippen LogP) is 1.68. The van der Waals surface area contributed by atoms with Gasteiger partial charge in [-0.15, -0.1) is 0 Å². The van der Waals surface area contributed by atoms with E-state index in [0.717, 1.165) is 5.69 Å². The Bertz CT molecular complexity index is 442. The number of morpholine rings is 1. The molecule has 110 valence electrons. The standard InChI is InChI=1S/C15H23N3O2/c1-15(2,3)13-11-18(8-9-20-13)14(19)5-4-12-10-16-6-7-17-12/h6-7,10,13H,4-5,8-9,11H2,1-3H3. The number of ether oxygens (including phenoxy) is 1. The van der Waals surface area contributed by atoms with E-state index in [-0.39, 0.29) is 17.4 Å². The van der Waals surface area contributed by atoms with Crippen LogP contribution in [0.25, 0.3) is 0 Å². The maximum Gasteiger partial charge on any atom is 0.223 e. The molecule has 1 aromatic rings. The van der Waals surface area contributed by atoms with E-state index in [9.17, 15) is 4.79 Å². The molecule has 0 N–H and O–H groups in total. The second kappa shape index (κ2) is 6.31. The van der Waals surface area contributed by atoms with Crippen molar-refractivity contribution < 1.29 is 9.53 Å². The largest absolute Gasteiger partial charge is 0.374 e. The van der Waals surface area contributed by atoms with Gasteiger partial charge in [0.05, 0.1) is 18.4 Å². The lowest BCUT2D eigenvalue weighted by atomic mass is 9.88. The molecule has 0 aromatic carbocycles. The smallest absolute Gasteiger partial charge is 0.223 e. The fourth-order valence-electron chi connectivity index (χ4n) is 2.25. The third-order valence-electron chi connectivity index (χ3n) is 3.60. The Morgan fingerprint density at radius 1 is 1.45 bits per heavy atom. The lowest BCUT2D eigenvalue weighted by molar-refractivity contribution is -0.143. The van der Waals surface area contributed by atoms with Crippen LogP contribution in [0.2, 0.25) is 0 Å². The fraction of sp³-hybridized carbons (Fsp3) is 0.667. The first-order chi connectivity index (χ1) is 9.47. The molecular formula is C15H23N3O2. The van der Waals surface area contributed by atoms with Gasteiger partial charge in [-0.3, -0.25) is 14.8 Å². The molecule has 1 aliphatic rings. The van der Waals surface area contributed by atoms with Gasteiger partial charge in [0.1, 0.15) is 0 Å². The highest BCUT2D eigenvalue weighted by Gasteiger charge is 2.32. The van der Waals surface area contributed by atoms with Crippen molar-refractivity contribution in [2.24, 2.45) is 5.41 Å². The zero-order chi connectivity index (χ0) is 14.6. The van der Waals surface area contributed by atoms with Gasteiger partial charge in [0.15, 0.2) is 0 Å². The molecule has 0 aliphatic carbocycles. The van der Waals surface area contributed by atoms with Gasteiger partial charge in [-0.1, -0.05) is 20.8 Å². The van der Waals surface area contributed by atoms with Crippen LogP contribution in [0.3, 0.4) is 0 Å². The number of aromatic nitrogens is 2. The SMILES string of the molecule is CC(C)(C)C1CN(C(=O)CCc2cnccn2)CCO1. The molecule has 0 radical (unpaired) electrons. The van der Waals surface area contributed by atoms with Crippen LogP contribution in [0.5, 0.6) is 0 Å². The van der Waals surface area contributed by atoms with E-state index < -0.39 is 0 Å².